The van der Waals surface area contributed by atoms with Crippen LogP contribution in [0.1, 0.15) is 17.4 Å². The van der Waals surface area contributed by atoms with Gasteiger partial charge < -0.3 is 14.9 Å². The molecule has 0 amide bonds. The van der Waals surface area contributed by atoms with Gasteiger partial charge in [-0.2, -0.15) is 0 Å². The van der Waals surface area contributed by atoms with Crippen LogP contribution in [0, 0.1) is 0 Å². The fourth-order valence-corrected chi connectivity index (χ4v) is 2.42. The summed E-state index contributed by atoms with van der Waals surface area (Å²) in [7, 11) is 3.26. The number of fused-ring (bicyclic) bond motifs is 1. The summed E-state index contributed by atoms with van der Waals surface area (Å²) in [6.07, 6.45) is 0.676. The Morgan fingerprint density at radius 1 is 1.31 bits per heavy atom. The minimum Gasteiger partial charge on any atom is -0.352 e. The second-order valence-electron chi connectivity index (χ2n) is 3.64. The zero-order chi connectivity index (χ0) is 11.5. The van der Waals surface area contributed by atoms with Crippen molar-refractivity contribution in [2.45, 2.75) is 12.7 Å². The third-order valence-corrected chi connectivity index (χ3v) is 3.33. The number of nitrogens with one attached hydrogen (secondary N) is 2. The Balaban J connectivity index is 2.38. The van der Waals surface area contributed by atoms with Crippen molar-refractivity contribution in [1.82, 2.24) is 5.43 Å². The highest BCUT2D eigenvalue weighted by atomic mass is 79.9. The number of hydrazine groups is 1. The zero-order valence-electron chi connectivity index (χ0n) is 9.34. The van der Waals surface area contributed by atoms with Crippen LogP contribution in [0.4, 0.5) is 5.69 Å². The molecule has 0 fully saturated rings. The van der Waals surface area contributed by atoms with E-state index in [0.29, 0.717) is 0 Å². The van der Waals surface area contributed by atoms with Gasteiger partial charge in [0.1, 0.15) is 0 Å². The first kappa shape index (κ1) is 11.9. The van der Waals surface area contributed by atoms with Gasteiger partial charge in [0, 0.05) is 30.8 Å². The Kier molecular flexibility index (Phi) is 3.81. The standard InChI is InChI=1S/C11H15BrN2O2/c1-15-11(16-2)8-6-10-7(5-9(8)12)3-4-13-14-10/h5-6,11,13-14H,3-4H2,1-2H3. The molecule has 0 bridgehead atoms. The van der Waals surface area contributed by atoms with E-state index < -0.39 is 0 Å². The molecule has 1 aromatic carbocycles. The lowest BCUT2D eigenvalue weighted by molar-refractivity contribution is -0.106. The van der Waals surface area contributed by atoms with Crippen molar-refractivity contribution in [3.05, 3.63) is 27.7 Å². The summed E-state index contributed by atoms with van der Waals surface area (Å²) in [5.41, 5.74) is 9.63. The molecule has 0 unspecified atom stereocenters. The van der Waals surface area contributed by atoms with Crippen LogP contribution in [0.5, 0.6) is 0 Å². The molecule has 0 atom stereocenters. The first-order valence-electron chi connectivity index (χ1n) is 5.13. The molecule has 1 aliphatic rings. The van der Waals surface area contributed by atoms with E-state index in [4.69, 9.17) is 9.47 Å². The third kappa shape index (κ3) is 2.22. The molecular weight excluding hydrogens is 272 g/mol. The SMILES string of the molecule is COC(OC)c1cc2c(cc1Br)CCNN2. The van der Waals surface area contributed by atoms with E-state index in [1.165, 1.54) is 5.56 Å². The molecular formula is C11H15BrN2O2. The maximum Gasteiger partial charge on any atom is 0.184 e. The maximum atomic E-state index is 5.26. The minimum atomic E-state index is -0.344. The highest BCUT2D eigenvalue weighted by molar-refractivity contribution is 9.10. The fraction of sp³-hybridized carbons (Fsp3) is 0.455. The van der Waals surface area contributed by atoms with E-state index >= 15 is 0 Å². The molecule has 0 aliphatic carbocycles. The summed E-state index contributed by atoms with van der Waals surface area (Å²) in [5.74, 6) is 0. The van der Waals surface area contributed by atoms with Gasteiger partial charge in [0.2, 0.25) is 0 Å². The van der Waals surface area contributed by atoms with E-state index in [2.05, 4.69) is 32.8 Å². The van der Waals surface area contributed by atoms with E-state index in [0.717, 1.165) is 28.7 Å². The molecule has 0 radical (unpaired) electrons. The van der Waals surface area contributed by atoms with Gasteiger partial charge >= 0.3 is 0 Å². The van der Waals surface area contributed by atoms with Gasteiger partial charge in [-0.1, -0.05) is 15.9 Å². The summed E-state index contributed by atoms with van der Waals surface area (Å²) >= 11 is 3.55. The second-order valence-corrected chi connectivity index (χ2v) is 4.49. The number of rotatable bonds is 3. The smallest absolute Gasteiger partial charge is 0.184 e. The molecule has 2 N–H and O–H groups in total. The number of methoxy groups -OCH3 is 2. The lowest BCUT2D eigenvalue weighted by atomic mass is 10.0. The van der Waals surface area contributed by atoms with Crippen molar-refractivity contribution in [1.29, 1.82) is 0 Å². The van der Waals surface area contributed by atoms with E-state index in [1.54, 1.807) is 14.2 Å². The van der Waals surface area contributed by atoms with E-state index in [9.17, 15) is 0 Å². The largest absolute Gasteiger partial charge is 0.352 e. The van der Waals surface area contributed by atoms with Crippen LogP contribution in [-0.4, -0.2) is 20.8 Å². The quantitative estimate of drug-likeness (QED) is 0.837. The molecule has 1 aliphatic heterocycles. The lowest BCUT2D eigenvalue weighted by Gasteiger charge is -2.23. The van der Waals surface area contributed by atoms with Crippen LogP contribution in [0.3, 0.4) is 0 Å². The van der Waals surface area contributed by atoms with Crippen LogP contribution in [0.15, 0.2) is 16.6 Å². The van der Waals surface area contributed by atoms with Gasteiger partial charge in [-0.25, -0.2) is 5.43 Å². The highest BCUT2D eigenvalue weighted by Crippen LogP contribution is 2.32. The van der Waals surface area contributed by atoms with Gasteiger partial charge in [0.15, 0.2) is 6.29 Å². The molecule has 16 heavy (non-hydrogen) atoms. The molecule has 0 spiro atoms. The van der Waals surface area contributed by atoms with Gasteiger partial charge in [0.25, 0.3) is 0 Å². The topological polar surface area (TPSA) is 42.5 Å². The van der Waals surface area contributed by atoms with Crippen LogP contribution in [0.2, 0.25) is 0 Å². The predicted octanol–water partition coefficient (Wildman–Crippen LogP) is 2.21. The Hall–Kier alpha value is -0.620. The van der Waals surface area contributed by atoms with Crippen molar-refractivity contribution in [2.24, 2.45) is 0 Å². The maximum absolute atomic E-state index is 5.26. The fourth-order valence-electron chi connectivity index (χ4n) is 1.84. The second kappa shape index (κ2) is 5.14. The summed E-state index contributed by atoms with van der Waals surface area (Å²) in [6.45, 7) is 0.941. The van der Waals surface area contributed by atoms with Gasteiger partial charge in [-0.05, 0) is 24.1 Å². The van der Waals surface area contributed by atoms with Crippen molar-refractivity contribution >= 4 is 21.6 Å². The van der Waals surface area contributed by atoms with Crippen molar-refractivity contribution in [3.8, 4) is 0 Å². The van der Waals surface area contributed by atoms with Crippen LogP contribution in [0.25, 0.3) is 0 Å². The van der Waals surface area contributed by atoms with Crippen LogP contribution < -0.4 is 10.9 Å². The molecule has 88 valence electrons. The molecule has 0 saturated carbocycles. The Morgan fingerprint density at radius 3 is 2.75 bits per heavy atom. The Bertz CT molecular complexity index is 380. The number of hydrogen-bond acceptors (Lipinski definition) is 4. The zero-order valence-corrected chi connectivity index (χ0v) is 10.9. The van der Waals surface area contributed by atoms with E-state index in [1.807, 2.05) is 6.07 Å². The molecule has 0 aromatic heterocycles. The third-order valence-electron chi connectivity index (χ3n) is 2.65. The number of halogens is 1. The number of ether oxygens (including phenoxy) is 2. The molecule has 2 rings (SSSR count). The molecule has 0 saturated heterocycles. The number of benzene rings is 1. The monoisotopic (exact) mass is 286 g/mol. The predicted molar refractivity (Wildman–Crippen MR) is 66.2 cm³/mol. The molecule has 5 heteroatoms. The van der Waals surface area contributed by atoms with Crippen LogP contribution in [-0.2, 0) is 15.9 Å². The van der Waals surface area contributed by atoms with Crippen molar-refractivity contribution in [2.75, 3.05) is 26.2 Å². The van der Waals surface area contributed by atoms with Gasteiger partial charge in [-0.15, -0.1) is 0 Å². The highest BCUT2D eigenvalue weighted by Gasteiger charge is 2.17. The number of hydrogen-bond donors (Lipinski definition) is 2. The summed E-state index contributed by atoms with van der Waals surface area (Å²) < 4.78 is 11.5. The normalized spacial score (nSPS) is 14.8. The van der Waals surface area contributed by atoms with Gasteiger partial charge in [-0.3, -0.25) is 0 Å². The minimum absolute atomic E-state index is 0.344. The van der Waals surface area contributed by atoms with Gasteiger partial charge in [0.05, 0.1) is 5.69 Å². The summed E-state index contributed by atoms with van der Waals surface area (Å²) in [5, 5.41) is 0. The Morgan fingerprint density at radius 2 is 2.06 bits per heavy atom. The molecule has 1 heterocycles. The molecule has 4 nitrogen and oxygen atoms in total. The van der Waals surface area contributed by atoms with Crippen molar-refractivity contribution in [3.63, 3.8) is 0 Å². The van der Waals surface area contributed by atoms with Crippen molar-refractivity contribution < 1.29 is 9.47 Å². The summed E-state index contributed by atoms with van der Waals surface area (Å²) in [6, 6.07) is 4.16. The average molecular weight is 287 g/mol. The summed E-state index contributed by atoms with van der Waals surface area (Å²) in [4.78, 5) is 0. The lowest BCUT2D eigenvalue weighted by Crippen LogP contribution is -2.29. The first-order valence-corrected chi connectivity index (χ1v) is 5.92. The van der Waals surface area contributed by atoms with E-state index in [-0.39, 0.29) is 6.29 Å². The van der Waals surface area contributed by atoms with Crippen LogP contribution >= 0.6 is 15.9 Å². The Labute approximate surface area is 103 Å². The molecule has 1 aromatic rings. The number of anilines is 1. The first-order chi connectivity index (χ1) is 7.76. The average Bonchev–Trinajstić information content (AvgIpc) is 2.31.